The van der Waals surface area contributed by atoms with E-state index in [0.717, 1.165) is 5.56 Å². The predicted molar refractivity (Wildman–Crippen MR) is 114 cm³/mol. The van der Waals surface area contributed by atoms with Crippen LogP contribution in [0.5, 0.6) is 0 Å². The van der Waals surface area contributed by atoms with E-state index in [1.807, 2.05) is 6.07 Å². The molecule has 0 N–H and O–H groups in total. The second kappa shape index (κ2) is 9.79. The van der Waals surface area contributed by atoms with E-state index in [-0.39, 0.29) is 18.7 Å². The fourth-order valence-corrected chi connectivity index (χ4v) is 4.50. The summed E-state index contributed by atoms with van der Waals surface area (Å²) in [5.41, 5.74) is 1.29. The molecule has 3 rings (SSSR count). The quantitative estimate of drug-likeness (QED) is 0.343. The number of rotatable bonds is 7. The lowest BCUT2D eigenvalue weighted by Gasteiger charge is -2.26. The summed E-state index contributed by atoms with van der Waals surface area (Å²) in [6.45, 7) is 0.445. The molecule has 1 fully saturated rings. The van der Waals surface area contributed by atoms with Crippen molar-refractivity contribution < 1.29 is 19.0 Å². The average molecular weight is 509 g/mol. The molecule has 150 valence electrons. The zero-order valence-electron chi connectivity index (χ0n) is 14.8. The lowest BCUT2D eigenvalue weighted by molar-refractivity contribution is -0.156. The molecule has 1 saturated heterocycles. The molecule has 2 aromatic rings. The van der Waals surface area contributed by atoms with Crippen molar-refractivity contribution in [1.82, 2.24) is 0 Å². The van der Waals surface area contributed by atoms with Crippen LogP contribution in [0.15, 0.2) is 42.5 Å². The van der Waals surface area contributed by atoms with Crippen molar-refractivity contribution in [3.05, 3.63) is 68.7 Å². The first-order valence-corrected chi connectivity index (χ1v) is 10.9. The molecule has 2 unspecified atom stereocenters. The molecule has 4 nitrogen and oxygen atoms in total. The maximum atomic E-state index is 12.1. The van der Waals surface area contributed by atoms with Gasteiger partial charge in [-0.1, -0.05) is 68.9 Å². The van der Waals surface area contributed by atoms with Crippen molar-refractivity contribution in [2.24, 2.45) is 0 Å². The topological polar surface area (TPSA) is 44.8 Å². The first kappa shape index (κ1) is 21.9. The molecule has 0 aromatic heterocycles. The Morgan fingerprint density at radius 1 is 1.18 bits per heavy atom. The zero-order chi connectivity index (χ0) is 20.1. The summed E-state index contributed by atoms with van der Waals surface area (Å²) in [7, 11) is 0. The predicted octanol–water partition coefficient (Wildman–Crippen LogP) is 5.94. The van der Waals surface area contributed by atoms with Gasteiger partial charge in [-0.05, 0) is 36.2 Å². The number of carbonyl (C=O) groups excluding carboxylic acids is 1. The van der Waals surface area contributed by atoms with Crippen LogP contribution in [0.2, 0.25) is 15.1 Å². The molecule has 0 saturated carbocycles. The molecule has 2 aromatic carbocycles. The number of ether oxygens (including phenoxy) is 3. The van der Waals surface area contributed by atoms with Crippen molar-refractivity contribution in [1.29, 1.82) is 0 Å². The molecule has 1 aliphatic heterocycles. The molecule has 0 radical (unpaired) electrons. The lowest BCUT2D eigenvalue weighted by atomic mass is 10.1. The minimum atomic E-state index is -0.837. The highest BCUT2D eigenvalue weighted by Crippen LogP contribution is 2.35. The highest BCUT2D eigenvalue weighted by atomic mass is 79.9. The molecule has 0 bridgehead atoms. The van der Waals surface area contributed by atoms with Gasteiger partial charge in [0.25, 0.3) is 0 Å². The van der Waals surface area contributed by atoms with Crippen LogP contribution in [0.3, 0.4) is 0 Å². The average Bonchev–Trinajstić information content (AvgIpc) is 3.10. The van der Waals surface area contributed by atoms with Crippen LogP contribution in [0.4, 0.5) is 0 Å². The zero-order valence-corrected chi connectivity index (χ0v) is 18.7. The monoisotopic (exact) mass is 506 g/mol. The minimum absolute atomic E-state index is 0.116. The third-order valence-corrected chi connectivity index (χ3v) is 6.14. The molecule has 8 heteroatoms. The summed E-state index contributed by atoms with van der Waals surface area (Å²) in [4.78, 5) is 12.1. The summed E-state index contributed by atoms with van der Waals surface area (Å²) in [5.74, 6) is -1.23. The van der Waals surface area contributed by atoms with Crippen LogP contribution >= 0.6 is 50.7 Å². The van der Waals surface area contributed by atoms with Gasteiger partial charge in [-0.15, -0.1) is 0 Å². The van der Waals surface area contributed by atoms with E-state index < -0.39 is 5.79 Å². The number of hydrogen-bond donors (Lipinski definition) is 0. The van der Waals surface area contributed by atoms with Gasteiger partial charge in [-0.3, -0.25) is 0 Å². The molecule has 28 heavy (non-hydrogen) atoms. The van der Waals surface area contributed by atoms with Gasteiger partial charge in [0.05, 0.1) is 17.5 Å². The Morgan fingerprint density at radius 3 is 2.50 bits per heavy atom. The van der Waals surface area contributed by atoms with E-state index in [1.54, 1.807) is 36.4 Å². The molecule has 0 amide bonds. The third kappa shape index (κ3) is 5.41. The summed E-state index contributed by atoms with van der Waals surface area (Å²) in [5, 5.41) is 1.97. The smallest absolute Gasteiger partial charge is 0.338 e. The van der Waals surface area contributed by atoms with Crippen LogP contribution in [0, 0.1) is 0 Å². The summed E-state index contributed by atoms with van der Waals surface area (Å²) in [6.07, 6.45) is 0.737. The SMILES string of the molecule is O=C(OCC1COC(CBr)(CCc2c(Cl)cc(Cl)cc2Cl)O1)c1ccccc1. The van der Waals surface area contributed by atoms with Crippen molar-refractivity contribution >= 4 is 56.7 Å². The Bertz CT molecular complexity index is 810. The van der Waals surface area contributed by atoms with E-state index in [2.05, 4.69) is 15.9 Å². The normalized spacial score (nSPS) is 21.6. The molecule has 1 aliphatic rings. The number of hydrogen-bond acceptors (Lipinski definition) is 4. The molecular formula is C20H18BrCl3O4. The summed E-state index contributed by atoms with van der Waals surface area (Å²) >= 11 is 21.9. The van der Waals surface area contributed by atoms with Crippen LogP contribution in [0.1, 0.15) is 22.3 Å². The van der Waals surface area contributed by atoms with Crippen molar-refractivity contribution in [3.8, 4) is 0 Å². The number of alkyl halides is 1. The van der Waals surface area contributed by atoms with E-state index in [0.29, 0.717) is 45.4 Å². The second-order valence-electron chi connectivity index (χ2n) is 6.41. The summed E-state index contributed by atoms with van der Waals surface area (Å²) < 4.78 is 17.3. The largest absolute Gasteiger partial charge is 0.459 e. The minimum Gasteiger partial charge on any atom is -0.459 e. The van der Waals surface area contributed by atoms with Crippen LogP contribution in [-0.2, 0) is 20.6 Å². The molecule has 0 aliphatic carbocycles. The first-order valence-electron chi connectivity index (χ1n) is 8.66. The van der Waals surface area contributed by atoms with Gasteiger partial charge < -0.3 is 14.2 Å². The number of esters is 1. The van der Waals surface area contributed by atoms with Crippen molar-refractivity contribution in [2.75, 3.05) is 18.5 Å². The van der Waals surface area contributed by atoms with E-state index in [4.69, 9.17) is 49.0 Å². The lowest BCUT2D eigenvalue weighted by Crippen LogP contribution is -2.34. The highest BCUT2D eigenvalue weighted by molar-refractivity contribution is 9.09. The Balaban J connectivity index is 1.56. The Labute approximate surface area is 187 Å². The number of carbonyl (C=O) groups is 1. The molecule has 0 spiro atoms. The maximum Gasteiger partial charge on any atom is 0.338 e. The summed E-state index contributed by atoms with van der Waals surface area (Å²) in [6, 6.07) is 12.1. The van der Waals surface area contributed by atoms with Gasteiger partial charge in [0.1, 0.15) is 12.7 Å². The van der Waals surface area contributed by atoms with Crippen LogP contribution in [-0.4, -0.2) is 36.4 Å². The fraction of sp³-hybridized carbons (Fsp3) is 0.350. The van der Waals surface area contributed by atoms with Gasteiger partial charge >= 0.3 is 5.97 Å². The third-order valence-electron chi connectivity index (χ3n) is 4.39. The van der Waals surface area contributed by atoms with Crippen molar-refractivity contribution in [2.45, 2.75) is 24.7 Å². The standard InChI is InChI=1S/C20H18BrCl3O4/c21-12-20(7-6-16-17(23)8-14(22)9-18(16)24)27-11-15(28-20)10-26-19(25)13-4-2-1-3-5-13/h1-5,8-9,15H,6-7,10-12H2. The van der Waals surface area contributed by atoms with Gasteiger partial charge in [-0.2, -0.15) is 0 Å². The van der Waals surface area contributed by atoms with E-state index >= 15 is 0 Å². The Kier molecular flexibility index (Phi) is 7.65. The molecular weight excluding hydrogens is 490 g/mol. The van der Waals surface area contributed by atoms with Gasteiger partial charge in [0, 0.05) is 21.5 Å². The maximum absolute atomic E-state index is 12.1. The number of benzene rings is 2. The van der Waals surface area contributed by atoms with E-state index in [1.165, 1.54) is 0 Å². The van der Waals surface area contributed by atoms with Crippen LogP contribution in [0.25, 0.3) is 0 Å². The molecule has 2 atom stereocenters. The van der Waals surface area contributed by atoms with Gasteiger partial charge in [0.2, 0.25) is 0 Å². The highest BCUT2D eigenvalue weighted by Gasteiger charge is 2.41. The second-order valence-corrected chi connectivity index (χ2v) is 8.22. The van der Waals surface area contributed by atoms with Gasteiger partial charge in [-0.25, -0.2) is 4.79 Å². The van der Waals surface area contributed by atoms with E-state index in [9.17, 15) is 4.79 Å². The Morgan fingerprint density at radius 2 is 1.86 bits per heavy atom. The fourth-order valence-electron chi connectivity index (χ4n) is 2.92. The number of halogens is 4. The first-order chi connectivity index (χ1) is 13.4. The van der Waals surface area contributed by atoms with Gasteiger partial charge in [0.15, 0.2) is 5.79 Å². The van der Waals surface area contributed by atoms with Crippen molar-refractivity contribution in [3.63, 3.8) is 0 Å². The van der Waals surface area contributed by atoms with Crippen LogP contribution < -0.4 is 0 Å². The molecule has 1 heterocycles. The Hall–Kier alpha value is -0.820.